The van der Waals surface area contributed by atoms with E-state index in [2.05, 4.69) is 26.2 Å². The number of benzene rings is 1. The van der Waals surface area contributed by atoms with E-state index in [1.165, 1.54) is 6.20 Å². The molecule has 0 saturated heterocycles. The summed E-state index contributed by atoms with van der Waals surface area (Å²) in [5, 5.41) is 2.80. The molecule has 0 aliphatic carbocycles. The molecule has 18 heavy (non-hydrogen) atoms. The summed E-state index contributed by atoms with van der Waals surface area (Å²) in [6.45, 7) is 1.96. The van der Waals surface area contributed by atoms with Gasteiger partial charge < -0.3 is 11.1 Å². The second-order valence-electron chi connectivity index (χ2n) is 3.91. The number of pyridine rings is 1. The predicted octanol–water partition coefficient (Wildman–Crippen LogP) is 2.99. The summed E-state index contributed by atoms with van der Waals surface area (Å²) in [4.78, 5) is 15.9. The van der Waals surface area contributed by atoms with Crippen LogP contribution in [0.4, 0.5) is 11.4 Å². The Kier molecular flexibility index (Phi) is 3.62. The zero-order chi connectivity index (χ0) is 13.1. The number of hydrogen-bond donors (Lipinski definition) is 2. The highest BCUT2D eigenvalue weighted by atomic mass is 79.9. The van der Waals surface area contributed by atoms with Crippen LogP contribution < -0.4 is 11.1 Å². The van der Waals surface area contributed by atoms with Gasteiger partial charge in [-0.15, -0.1) is 0 Å². The summed E-state index contributed by atoms with van der Waals surface area (Å²) in [6.07, 6.45) is 1.46. The van der Waals surface area contributed by atoms with Crippen molar-refractivity contribution in [1.29, 1.82) is 0 Å². The van der Waals surface area contributed by atoms with Gasteiger partial charge in [0, 0.05) is 4.47 Å². The van der Waals surface area contributed by atoms with Crippen molar-refractivity contribution >= 4 is 33.2 Å². The van der Waals surface area contributed by atoms with Crippen molar-refractivity contribution in [2.24, 2.45) is 0 Å². The van der Waals surface area contributed by atoms with Crippen LogP contribution in [-0.4, -0.2) is 10.9 Å². The van der Waals surface area contributed by atoms with Crippen LogP contribution in [0.25, 0.3) is 0 Å². The van der Waals surface area contributed by atoms with E-state index in [1.807, 2.05) is 25.1 Å². The number of nitrogens with one attached hydrogen (secondary N) is 1. The second kappa shape index (κ2) is 5.18. The molecule has 1 aromatic heterocycles. The van der Waals surface area contributed by atoms with E-state index in [0.29, 0.717) is 11.4 Å². The number of aryl methyl sites for hydroxylation is 1. The maximum atomic E-state index is 12.0. The Morgan fingerprint density at radius 2 is 2.11 bits per heavy atom. The first-order valence-corrected chi connectivity index (χ1v) is 6.14. The predicted molar refractivity (Wildman–Crippen MR) is 75.5 cm³/mol. The molecule has 2 rings (SSSR count). The minimum absolute atomic E-state index is 0.263. The number of carbonyl (C=O) groups excluding carboxylic acids is 1. The first-order chi connectivity index (χ1) is 8.56. The van der Waals surface area contributed by atoms with Crippen LogP contribution >= 0.6 is 15.9 Å². The van der Waals surface area contributed by atoms with Gasteiger partial charge in [-0.2, -0.15) is 0 Å². The van der Waals surface area contributed by atoms with Gasteiger partial charge in [-0.1, -0.05) is 6.07 Å². The van der Waals surface area contributed by atoms with E-state index >= 15 is 0 Å². The third-order valence-electron chi connectivity index (χ3n) is 2.39. The van der Waals surface area contributed by atoms with Crippen molar-refractivity contribution in [3.05, 3.63) is 52.3 Å². The van der Waals surface area contributed by atoms with Crippen LogP contribution in [0.15, 0.2) is 41.0 Å². The van der Waals surface area contributed by atoms with E-state index in [-0.39, 0.29) is 5.91 Å². The van der Waals surface area contributed by atoms with Gasteiger partial charge >= 0.3 is 0 Å². The van der Waals surface area contributed by atoms with Gasteiger partial charge in [-0.25, -0.2) is 4.98 Å². The SMILES string of the molecule is Cc1ccc(Br)c(NC(=O)c2ccc(N)cn2)c1. The Balaban J connectivity index is 2.21. The fourth-order valence-electron chi connectivity index (χ4n) is 1.46. The van der Waals surface area contributed by atoms with E-state index in [4.69, 9.17) is 5.73 Å². The summed E-state index contributed by atoms with van der Waals surface area (Å²) in [5.74, 6) is -0.263. The zero-order valence-corrected chi connectivity index (χ0v) is 11.4. The molecule has 4 nitrogen and oxygen atoms in total. The Bertz CT molecular complexity index is 581. The molecule has 2 aromatic rings. The summed E-state index contributed by atoms with van der Waals surface area (Å²) in [5.41, 5.74) is 8.17. The first kappa shape index (κ1) is 12.6. The number of nitrogen functional groups attached to an aromatic ring is 1. The molecule has 0 bridgehead atoms. The molecule has 0 atom stereocenters. The average Bonchev–Trinajstić information content (AvgIpc) is 2.34. The Morgan fingerprint density at radius 1 is 1.33 bits per heavy atom. The number of nitrogens with zero attached hydrogens (tertiary/aromatic N) is 1. The topological polar surface area (TPSA) is 68.0 Å². The number of hydrogen-bond acceptors (Lipinski definition) is 3. The first-order valence-electron chi connectivity index (χ1n) is 5.35. The number of amides is 1. The highest BCUT2D eigenvalue weighted by Gasteiger charge is 2.09. The Labute approximate surface area is 113 Å². The highest BCUT2D eigenvalue weighted by molar-refractivity contribution is 9.10. The summed E-state index contributed by atoms with van der Waals surface area (Å²) in [7, 11) is 0. The third kappa shape index (κ3) is 2.87. The monoisotopic (exact) mass is 305 g/mol. The van der Waals surface area contributed by atoms with Crippen LogP contribution in [0.3, 0.4) is 0 Å². The second-order valence-corrected chi connectivity index (χ2v) is 4.77. The van der Waals surface area contributed by atoms with E-state index in [0.717, 1.165) is 15.7 Å². The van der Waals surface area contributed by atoms with Crippen LogP contribution in [0.1, 0.15) is 16.1 Å². The molecule has 0 aliphatic rings. The van der Waals surface area contributed by atoms with Gasteiger partial charge in [0.05, 0.1) is 17.6 Å². The number of nitrogens with two attached hydrogens (primary N) is 1. The van der Waals surface area contributed by atoms with E-state index in [9.17, 15) is 4.79 Å². The molecule has 0 aliphatic heterocycles. The maximum Gasteiger partial charge on any atom is 0.274 e. The fraction of sp³-hybridized carbons (Fsp3) is 0.0769. The van der Waals surface area contributed by atoms with E-state index < -0.39 is 0 Å². The number of rotatable bonds is 2. The van der Waals surface area contributed by atoms with Crippen LogP contribution in [0.2, 0.25) is 0 Å². The molecule has 3 N–H and O–H groups in total. The summed E-state index contributed by atoms with van der Waals surface area (Å²) >= 11 is 3.39. The molecule has 1 heterocycles. The Morgan fingerprint density at radius 3 is 2.78 bits per heavy atom. The number of anilines is 2. The molecule has 0 fully saturated rings. The molecule has 0 unspecified atom stereocenters. The van der Waals surface area contributed by atoms with Gasteiger partial charge in [0.2, 0.25) is 0 Å². The highest BCUT2D eigenvalue weighted by Crippen LogP contribution is 2.23. The van der Waals surface area contributed by atoms with Gasteiger partial charge in [-0.05, 0) is 52.7 Å². The van der Waals surface area contributed by atoms with Crippen molar-refractivity contribution in [2.75, 3.05) is 11.1 Å². The Hall–Kier alpha value is -1.88. The maximum absolute atomic E-state index is 12.0. The average molecular weight is 306 g/mol. The normalized spacial score (nSPS) is 10.1. The van der Waals surface area contributed by atoms with Crippen molar-refractivity contribution < 1.29 is 4.79 Å². The molecule has 1 aromatic carbocycles. The van der Waals surface area contributed by atoms with Crippen LogP contribution in [-0.2, 0) is 0 Å². The van der Waals surface area contributed by atoms with Gasteiger partial charge in [0.25, 0.3) is 5.91 Å². The van der Waals surface area contributed by atoms with E-state index in [1.54, 1.807) is 12.1 Å². The number of aromatic nitrogens is 1. The van der Waals surface area contributed by atoms with Crippen molar-refractivity contribution in [3.63, 3.8) is 0 Å². The zero-order valence-electron chi connectivity index (χ0n) is 9.77. The molecule has 0 spiro atoms. The van der Waals surface area contributed by atoms with Crippen molar-refractivity contribution in [2.45, 2.75) is 6.92 Å². The van der Waals surface area contributed by atoms with Gasteiger partial charge in [0.15, 0.2) is 0 Å². The van der Waals surface area contributed by atoms with Crippen molar-refractivity contribution in [3.8, 4) is 0 Å². The van der Waals surface area contributed by atoms with Crippen LogP contribution in [0, 0.1) is 6.92 Å². The molecular formula is C13H12BrN3O. The van der Waals surface area contributed by atoms with Crippen LogP contribution in [0.5, 0.6) is 0 Å². The lowest BCUT2D eigenvalue weighted by Gasteiger charge is -2.08. The minimum atomic E-state index is -0.263. The minimum Gasteiger partial charge on any atom is -0.397 e. The lowest BCUT2D eigenvalue weighted by molar-refractivity contribution is 0.102. The van der Waals surface area contributed by atoms with Gasteiger partial charge in [0.1, 0.15) is 5.69 Å². The number of halogens is 1. The van der Waals surface area contributed by atoms with Gasteiger partial charge in [-0.3, -0.25) is 4.79 Å². The quantitative estimate of drug-likeness (QED) is 0.896. The standard InChI is InChI=1S/C13H12BrN3O/c1-8-2-4-10(14)12(6-8)17-13(18)11-5-3-9(15)7-16-11/h2-7H,15H2,1H3,(H,17,18). The summed E-state index contributed by atoms with van der Waals surface area (Å²) in [6, 6.07) is 8.98. The van der Waals surface area contributed by atoms with Crippen molar-refractivity contribution in [1.82, 2.24) is 4.98 Å². The lowest BCUT2D eigenvalue weighted by Crippen LogP contribution is -2.14. The molecular weight excluding hydrogens is 294 g/mol. The molecule has 5 heteroatoms. The fourth-order valence-corrected chi connectivity index (χ4v) is 1.81. The number of carbonyl (C=O) groups is 1. The smallest absolute Gasteiger partial charge is 0.274 e. The molecule has 0 radical (unpaired) electrons. The third-order valence-corrected chi connectivity index (χ3v) is 3.08. The molecule has 92 valence electrons. The molecule has 1 amide bonds. The lowest BCUT2D eigenvalue weighted by atomic mass is 10.2. The largest absolute Gasteiger partial charge is 0.397 e. The summed E-state index contributed by atoms with van der Waals surface area (Å²) < 4.78 is 0.830. The molecule has 0 saturated carbocycles.